The summed E-state index contributed by atoms with van der Waals surface area (Å²) in [6, 6.07) is -0.0475. The van der Waals surface area contributed by atoms with Crippen LogP contribution in [0.4, 0.5) is 0 Å². The number of aliphatic hydroxyl groups excluding tert-OH is 1. The van der Waals surface area contributed by atoms with Crippen LogP contribution in [0.5, 0.6) is 0 Å². The number of aliphatic hydroxyl groups is 1. The summed E-state index contributed by atoms with van der Waals surface area (Å²) in [5, 5.41) is 12.5. The molecule has 3 heteroatoms. The lowest BCUT2D eigenvalue weighted by atomic mass is 10.2. The zero-order valence-corrected chi connectivity index (χ0v) is 8.26. The van der Waals surface area contributed by atoms with Crippen molar-refractivity contribution < 1.29 is 5.11 Å². The highest BCUT2D eigenvalue weighted by Crippen LogP contribution is 1.98. The molecule has 3 nitrogen and oxygen atoms in total. The zero-order valence-electron chi connectivity index (χ0n) is 8.26. The van der Waals surface area contributed by atoms with Crippen molar-refractivity contribution in [1.29, 1.82) is 0 Å². The summed E-state index contributed by atoms with van der Waals surface area (Å²) in [6.07, 6.45) is 2.64. The number of amidine groups is 1. The minimum absolute atomic E-state index is 0.0475. The molecular weight excluding hydrogens is 152 g/mol. The van der Waals surface area contributed by atoms with E-state index in [0.29, 0.717) is 5.76 Å². The number of nitrogens with one attached hydrogen (secondary N) is 1. The molecule has 0 aliphatic rings. The molecule has 12 heavy (non-hydrogen) atoms. The summed E-state index contributed by atoms with van der Waals surface area (Å²) in [4.78, 5) is 3.94. The van der Waals surface area contributed by atoms with Crippen molar-refractivity contribution in [2.24, 2.45) is 4.99 Å². The Morgan fingerprint density at radius 2 is 2.25 bits per heavy atom. The second kappa shape index (κ2) is 5.63. The van der Waals surface area contributed by atoms with Crippen LogP contribution in [0.3, 0.4) is 0 Å². The summed E-state index contributed by atoms with van der Waals surface area (Å²) in [5.41, 5.74) is 0. The minimum atomic E-state index is -0.0475. The van der Waals surface area contributed by atoms with E-state index >= 15 is 0 Å². The first-order valence-electron chi connectivity index (χ1n) is 4.20. The highest BCUT2D eigenvalue weighted by atomic mass is 16.3. The summed E-state index contributed by atoms with van der Waals surface area (Å²) >= 11 is 0. The third-order valence-electron chi connectivity index (χ3n) is 1.62. The third-order valence-corrected chi connectivity index (χ3v) is 1.62. The first-order chi connectivity index (χ1) is 5.61. The van der Waals surface area contributed by atoms with Gasteiger partial charge in [-0.05, 0) is 26.3 Å². The molecule has 0 rings (SSSR count). The van der Waals surface area contributed by atoms with Gasteiger partial charge < -0.3 is 10.4 Å². The first kappa shape index (κ1) is 11.0. The van der Waals surface area contributed by atoms with E-state index in [1.165, 1.54) is 0 Å². The zero-order chi connectivity index (χ0) is 9.56. The Balaban J connectivity index is 4.03. The van der Waals surface area contributed by atoms with E-state index in [1.54, 1.807) is 13.1 Å². The van der Waals surface area contributed by atoms with Crippen LogP contribution in [0, 0.1) is 0 Å². The minimum Gasteiger partial charge on any atom is -0.510 e. The van der Waals surface area contributed by atoms with E-state index in [1.807, 2.05) is 20.8 Å². The van der Waals surface area contributed by atoms with Gasteiger partial charge in [0, 0.05) is 7.05 Å². The van der Waals surface area contributed by atoms with Crippen LogP contribution in [0.25, 0.3) is 0 Å². The molecule has 0 saturated carbocycles. The molecule has 0 radical (unpaired) electrons. The van der Waals surface area contributed by atoms with Gasteiger partial charge in [0.25, 0.3) is 0 Å². The highest BCUT2D eigenvalue weighted by molar-refractivity contribution is 5.79. The van der Waals surface area contributed by atoms with E-state index in [-0.39, 0.29) is 6.04 Å². The Morgan fingerprint density at radius 3 is 2.67 bits per heavy atom. The summed E-state index contributed by atoms with van der Waals surface area (Å²) in [5.74, 6) is 1.21. The average molecular weight is 170 g/mol. The number of aliphatic imine (C=N–C) groups is 1. The van der Waals surface area contributed by atoms with Crippen LogP contribution in [0.2, 0.25) is 0 Å². The SMILES string of the molecule is CC/C=C(/O)C(C)NC(C)=NC. The van der Waals surface area contributed by atoms with E-state index in [4.69, 9.17) is 0 Å². The van der Waals surface area contributed by atoms with Crippen LogP contribution in [-0.2, 0) is 0 Å². The Hall–Kier alpha value is -0.990. The average Bonchev–Trinajstić information content (AvgIpc) is 2.04. The van der Waals surface area contributed by atoms with Crippen molar-refractivity contribution in [3.05, 3.63) is 11.8 Å². The highest BCUT2D eigenvalue weighted by Gasteiger charge is 2.05. The molecule has 0 aromatic carbocycles. The van der Waals surface area contributed by atoms with Crippen molar-refractivity contribution >= 4 is 5.84 Å². The van der Waals surface area contributed by atoms with Gasteiger partial charge in [0.15, 0.2) is 0 Å². The van der Waals surface area contributed by atoms with Crippen LogP contribution in [0.15, 0.2) is 16.8 Å². The first-order valence-corrected chi connectivity index (χ1v) is 4.20. The van der Waals surface area contributed by atoms with Crippen molar-refractivity contribution in [2.45, 2.75) is 33.2 Å². The van der Waals surface area contributed by atoms with E-state index < -0.39 is 0 Å². The normalized spacial score (nSPS) is 16.0. The molecule has 0 saturated heterocycles. The quantitative estimate of drug-likeness (QED) is 0.386. The molecule has 0 heterocycles. The van der Waals surface area contributed by atoms with E-state index in [9.17, 15) is 5.11 Å². The summed E-state index contributed by atoms with van der Waals surface area (Å²) in [6.45, 7) is 5.76. The molecule has 0 spiro atoms. The Morgan fingerprint density at radius 1 is 1.67 bits per heavy atom. The Labute approximate surface area is 74.2 Å². The molecule has 2 N–H and O–H groups in total. The second-order valence-electron chi connectivity index (χ2n) is 2.71. The lowest BCUT2D eigenvalue weighted by molar-refractivity contribution is 0.362. The van der Waals surface area contributed by atoms with Gasteiger partial charge in [-0.1, -0.05) is 6.92 Å². The van der Waals surface area contributed by atoms with Crippen LogP contribution >= 0.6 is 0 Å². The predicted molar refractivity (Wildman–Crippen MR) is 52.6 cm³/mol. The van der Waals surface area contributed by atoms with Gasteiger partial charge in [0.1, 0.15) is 5.76 Å². The number of allylic oxidation sites excluding steroid dienone is 1. The monoisotopic (exact) mass is 170 g/mol. The molecule has 0 aliphatic carbocycles. The summed E-state index contributed by atoms with van der Waals surface area (Å²) < 4.78 is 0. The van der Waals surface area contributed by atoms with Gasteiger partial charge in [-0.3, -0.25) is 4.99 Å². The van der Waals surface area contributed by atoms with Gasteiger partial charge in [-0.2, -0.15) is 0 Å². The molecule has 0 aliphatic heterocycles. The van der Waals surface area contributed by atoms with Crippen LogP contribution in [-0.4, -0.2) is 24.0 Å². The number of rotatable bonds is 3. The molecule has 0 amide bonds. The van der Waals surface area contributed by atoms with Gasteiger partial charge in [-0.25, -0.2) is 0 Å². The maximum Gasteiger partial charge on any atom is 0.110 e. The Kier molecular flexibility index (Phi) is 5.17. The van der Waals surface area contributed by atoms with E-state index in [0.717, 1.165) is 12.3 Å². The maximum absolute atomic E-state index is 9.41. The molecular formula is C9H18N2O. The topological polar surface area (TPSA) is 44.6 Å². The second-order valence-corrected chi connectivity index (χ2v) is 2.71. The molecule has 1 unspecified atom stereocenters. The van der Waals surface area contributed by atoms with Crippen molar-refractivity contribution in [2.75, 3.05) is 7.05 Å². The van der Waals surface area contributed by atoms with Crippen molar-refractivity contribution in [3.63, 3.8) is 0 Å². The maximum atomic E-state index is 9.41. The van der Waals surface area contributed by atoms with Gasteiger partial charge >= 0.3 is 0 Å². The largest absolute Gasteiger partial charge is 0.510 e. The van der Waals surface area contributed by atoms with Gasteiger partial charge in [0.05, 0.1) is 11.9 Å². The fourth-order valence-electron chi connectivity index (χ4n) is 0.838. The number of nitrogens with zero attached hydrogens (tertiary/aromatic N) is 1. The van der Waals surface area contributed by atoms with Gasteiger partial charge in [0.2, 0.25) is 0 Å². The predicted octanol–water partition coefficient (Wildman–Crippen LogP) is 1.86. The lowest BCUT2D eigenvalue weighted by Gasteiger charge is -2.13. The van der Waals surface area contributed by atoms with Crippen molar-refractivity contribution in [1.82, 2.24) is 5.32 Å². The third kappa shape index (κ3) is 4.01. The summed E-state index contributed by atoms with van der Waals surface area (Å²) in [7, 11) is 1.72. The molecule has 70 valence electrons. The number of hydrogen-bond donors (Lipinski definition) is 2. The smallest absolute Gasteiger partial charge is 0.110 e. The van der Waals surface area contributed by atoms with Crippen LogP contribution < -0.4 is 5.32 Å². The van der Waals surface area contributed by atoms with Crippen LogP contribution in [0.1, 0.15) is 27.2 Å². The fourth-order valence-corrected chi connectivity index (χ4v) is 0.838. The Bertz CT molecular complexity index is 185. The molecule has 0 aromatic rings. The lowest BCUT2D eigenvalue weighted by Crippen LogP contribution is -2.32. The van der Waals surface area contributed by atoms with Crippen molar-refractivity contribution in [3.8, 4) is 0 Å². The van der Waals surface area contributed by atoms with E-state index in [2.05, 4.69) is 10.3 Å². The molecule has 0 fully saturated rings. The molecule has 0 bridgehead atoms. The van der Waals surface area contributed by atoms with Gasteiger partial charge in [-0.15, -0.1) is 0 Å². The molecule has 0 aromatic heterocycles. The standard InChI is InChI=1S/C9H18N2O/c1-5-6-9(12)7(2)11-8(3)10-4/h6-7,12H,5H2,1-4H3,(H,10,11)/b9-6+. The molecule has 1 atom stereocenters. The number of hydrogen-bond acceptors (Lipinski definition) is 2. The fraction of sp³-hybridized carbons (Fsp3) is 0.667.